The van der Waals surface area contributed by atoms with Crippen LogP contribution in [0, 0.1) is 5.82 Å². The molecule has 0 amide bonds. The Labute approximate surface area is 133 Å². The predicted octanol–water partition coefficient (Wildman–Crippen LogP) is 2.41. The van der Waals surface area contributed by atoms with Crippen LogP contribution >= 0.6 is 15.9 Å². The molecule has 3 aromatic rings. The number of nitrogens with two attached hydrogens (primary N) is 1. The number of aliphatic hydroxyl groups excluding tert-OH is 1. The maximum atomic E-state index is 14.1. The van der Waals surface area contributed by atoms with E-state index in [2.05, 4.69) is 25.9 Å². The Morgan fingerprint density at radius 2 is 2.23 bits per heavy atom. The Hall–Kier alpha value is -2.19. The number of aliphatic hydroxyl groups is 1. The minimum Gasteiger partial charge on any atom is -0.496 e. The minimum atomic E-state index is -0.616. The van der Waals surface area contributed by atoms with Gasteiger partial charge in [-0.15, -0.1) is 0 Å². The van der Waals surface area contributed by atoms with Gasteiger partial charge >= 0.3 is 0 Å². The number of hydrogen-bond donors (Lipinski definition) is 2. The number of halogens is 2. The lowest BCUT2D eigenvalue weighted by atomic mass is 10.1. The molecule has 0 fully saturated rings. The van der Waals surface area contributed by atoms with E-state index in [1.165, 1.54) is 11.7 Å². The summed E-state index contributed by atoms with van der Waals surface area (Å²) in [5, 5.41) is 10.3. The van der Waals surface area contributed by atoms with Crippen LogP contribution in [0.15, 0.2) is 29.0 Å². The van der Waals surface area contributed by atoms with Crippen molar-refractivity contribution in [1.82, 2.24) is 14.5 Å². The minimum absolute atomic E-state index is 0.0114. The molecule has 0 saturated heterocycles. The highest BCUT2D eigenvalue weighted by atomic mass is 79.9. The van der Waals surface area contributed by atoms with Crippen molar-refractivity contribution in [1.29, 1.82) is 0 Å². The lowest BCUT2D eigenvalue weighted by Gasteiger charge is -2.08. The largest absolute Gasteiger partial charge is 0.496 e. The van der Waals surface area contributed by atoms with Gasteiger partial charge in [0.1, 0.15) is 5.75 Å². The van der Waals surface area contributed by atoms with Crippen molar-refractivity contribution in [3.05, 3.63) is 40.4 Å². The molecular weight excluding hydrogens is 355 g/mol. The van der Waals surface area contributed by atoms with Gasteiger partial charge in [-0.25, -0.2) is 9.37 Å². The van der Waals surface area contributed by atoms with Crippen LogP contribution < -0.4 is 10.5 Å². The third kappa shape index (κ3) is 2.30. The molecule has 6 nitrogen and oxygen atoms in total. The molecule has 8 heteroatoms. The smallest absolute Gasteiger partial charge is 0.222 e. The summed E-state index contributed by atoms with van der Waals surface area (Å²) >= 11 is 3.39. The molecule has 0 atom stereocenters. The number of methoxy groups -OCH3 is 1. The topological polar surface area (TPSA) is 86.2 Å². The first-order valence-electron chi connectivity index (χ1n) is 6.32. The van der Waals surface area contributed by atoms with E-state index in [1.807, 2.05) is 0 Å². The van der Waals surface area contributed by atoms with Crippen molar-refractivity contribution in [2.75, 3.05) is 12.8 Å². The van der Waals surface area contributed by atoms with Gasteiger partial charge in [0, 0.05) is 21.6 Å². The lowest BCUT2D eigenvalue weighted by molar-refractivity contribution is 0.283. The highest BCUT2D eigenvalue weighted by Crippen LogP contribution is 2.35. The Morgan fingerprint density at radius 1 is 1.45 bits per heavy atom. The normalized spacial score (nSPS) is 11.1. The van der Waals surface area contributed by atoms with E-state index in [1.54, 1.807) is 18.3 Å². The summed E-state index contributed by atoms with van der Waals surface area (Å²) < 4.78 is 21.7. The number of rotatable bonds is 3. The van der Waals surface area contributed by atoms with E-state index < -0.39 is 5.82 Å². The molecule has 0 unspecified atom stereocenters. The zero-order chi connectivity index (χ0) is 15.9. The second-order valence-corrected chi connectivity index (χ2v) is 5.50. The number of ether oxygens (including phenoxy) is 1. The molecule has 0 aliphatic rings. The number of nitrogen functional groups attached to an aromatic ring is 1. The number of fused-ring (bicyclic) bond motifs is 1. The zero-order valence-electron chi connectivity index (χ0n) is 11.5. The predicted molar refractivity (Wildman–Crippen MR) is 83.4 cm³/mol. The van der Waals surface area contributed by atoms with E-state index in [4.69, 9.17) is 10.5 Å². The molecular formula is C14H12BrFN4O2. The summed E-state index contributed by atoms with van der Waals surface area (Å²) in [5.41, 5.74) is 6.77. The third-order valence-electron chi connectivity index (χ3n) is 3.27. The van der Waals surface area contributed by atoms with Crippen LogP contribution in [0.4, 0.5) is 10.3 Å². The lowest BCUT2D eigenvalue weighted by Crippen LogP contribution is -2.04. The fourth-order valence-corrected chi connectivity index (χ4v) is 2.79. The number of hydrogen-bond acceptors (Lipinski definition) is 5. The molecule has 0 radical (unpaired) electrons. The van der Waals surface area contributed by atoms with Gasteiger partial charge in [0.05, 0.1) is 25.4 Å². The highest BCUT2D eigenvalue weighted by molar-refractivity contribution is 9.10. The second-order valence-electron chi connectivity index (χ2n) is 4.58. The second kappa shape index (κ2) is 5.54. The van der Waals surface area contributed by atoms with Gasteiger partial charge in [0.15, 0.2) is 11.6 Å². The molecule has 2 heterocycles. The molecule has 0 aliphatic carbocycles. The molecule has 2 aromatic heterocycles. The van der Waals surface area contributed by atoms with Crippen molar-refractivity contribution in [3.63, 3.8) is 0 Å². The Morgan fingerprint density at radius 3 is 2.91 bits per heavy atom. The summed E-state index contributed by atoms with van der Waals surface area (Å²) in [7, 11) is 1.53. The molecule has 0 bridgehead atoms. The van der Waals surface area contributed by atoms with Crippen molar-refractivity contribution < 1.29 is 14.2 Å². The number of aromatic nitrogens is 3. The number of nitrogens with zero attached hydrogens (tertiary/aromatic N) is 3. The Balaban J connectivity index is 2.40. The molecule has 22 heavy (non-hydrogen) atoms. The van der Waals surface area contributed by atoms with Crippen LogP contribution in [0.3, 0.4) is 0 Å². The molecule has 3 rings (SSSR count). The fraction of sp³-hybridized carbons (Fsp3) is 0.143. The summed E-state index contributed by atoms with van der Waals surface area (Å²) in [6, 6.07) is 3.56. The first-order valence-corrected chi connectivity index (χ1v) is 7.11. The number of benzene rings is 1. The summed E-state index contributed by atoms with van der Waals surface area (Å²) in [5.74, 6) is -0.0766. The van der Waals surface area contributed by atoms with Gasteiger partial charge in [-0.2, -0.15) is 4.98 Å². The van der Waals surface area contributed by atoms with Crippen LogP contribution in [-0.2, 0) is 6.61 Å². The van der Waals surface area contributed by atoms with E-state index >= 15 is 0 Å². The van der Waals surface area contributed by atoms with Gasteiger partial charge < -0.3 is 15.6 Å². The molecule has 1 aromatic carbocycles. The molecule has 0 aliphatic heterocycles. The van der Waals surface area contributed by atoms with Crippen LogP contribution in [0.25, 0.3) is 16.7 Å². The standard InChI is InChI=1S/C14H12BrFN4O2/c1-22-11-3-8(15)2-10-12(11)7(6-21)5-20(10)13-9(16)4-18-14(17)19-13/h2-5,21H,6H2,1H3,(H2,17,18,19). The summed E-state index contributed by atoms with van der Waals surface area (Å²) in [4.78, 5) is 7.56. The summed E-state index contributed by atoms with van der Waals surface area (Å²) in [6.07, 6.45) is 2.61. The fourth-order valence-electron chi connectivity index (χ4n) is 2.37. The number of anilines is 1. The van der Waals surface area contributed by atoms with E-state index in [9.17, 15) is 9.50 Å². The zero-order valence-corrected chi connectivity index (χ0v) is 13.1. The van der Waals surface area contributed by atoms with Gasteiger partial charge in [0.25, 0.3) is 0 Å². The molecule has 114 valence electrons. The van der Waals surface area contributed by atoms with Crippen molar-refractivity contribution in [2.45, 2.75) is 6.61 Å². The van der Waals surface area contributed by atoms with Crippen LogP contribution in [0.5, 0.6) is 5.75 Å². The average molecular weight is 367 g/mol. The van der Waals surface area contributed by atoms with E-state index in [0.29, 0.717) is 22.2 Å². The molecule has 3 N–H and O–H groups in total. The van der Waals surface area contributed by atoms with Gasteiger partial charge in [-0.3, -0.25) is 4.57 Å². The quantitative estimate of drug-likeness (QED) is 0.743. The molecule has 0 saturated carbocycles. The SMILES string of the molecule is COc1cc(Br)cc2c1c(CO)cn2-c1nc(N)ncc1F. The van der Waals surface area contributed by atoms with E-state index in [0.717, 1.165) is 10.7 Å². The highest BCUT2D eigenvalue weighted by Gasteiger charge is 2.18. The first kappa shape index (κ1) is 14.7. The van der Waals surface area contributed by atoms with Crippen molar-refractivity contribution in [2.24, 2.45) is 0 Å². The van der Waals surface area contributed by atoms with Gasteiger partial charge in [-0.05, 0) is 12.1 Å². The van der Waals surface area contributed by atoms with Gasteiger partial charge in [0.2, 0.25) is 5.95 Å². The van der Waals surface area contributed by atoms with E-state index in [-0.39, 0.29) is 18.4 Å². The molecule has 0 spiro atoms. The van der Waals surface area contributed by atoms with Crippen LogP contribution in [0.2, 0.25) is 0 Å². The monoisotopic (exact) mass is 366 g/mol. The van der Waals surface area contributed by atoms with Crippen LogP contribution in [-0.4, -0.2) is 26.8 Å². The van der Waals surface area contributed by atoms with Crippen molar-refractivity contribution in [3.8, 4) is 11.6 Å². The maximum Gasteiger partial charge on any atom is 0.222 e. The van der Waals surface area contributed by atoms with Gasteiger partial charge in [-0.1, -0.05) is 15.9 Å². The summed E-state index contributed by atoms with van der Waals surface area (Å²) in [6.45, 7) is -0.219. The first-order chi connectivity index (χ1) is 10.5. The third-order valence-corrected chi connectivity index (χ3v) is 3.73. The van der Waals surface area contributed by atoms with Crippen LogP contribution in [0.1, 0.15) is 5.56 Å². The average Bonchev–Trinajstić information content (AvgIpc) is 2.87. The van der Waals surface area contributed by atoms with Crippen molar-refractivity contribution >= 4 is 32.8 Å². The Bertz CT molecular complexity index is 866. The Kier molecular flexibility index (Phi) is 3.71. The maximum absolute atomic E-state index is 14.1.